The number of halogens is 2. The highest BCUT2D eigenvalue weighted by molar-refractivity contribution is 6.32. The molecule has 0 saturated carbocycles. The van der Waals surface area contributed by atoms with E-state index in [0.717, 1.165) is 5.56 Å². The number of alkyl halides is 1. The molecule has 0 fully saturated rings. The van der Waals surface area contributed by atoms with Gasteiger partial charge in [-0.25, -0.2) is 0 Å². The minimum absolute atomic E-state index is 0.0290. The Morgan fingerprint density at radius 1 is 1.43 bits per heavy atom. The second kappa shape index (κ2) is 7.70. The molecule has 0 aromatic heterocycles. The van der Waals surface area contributed by atoms with Crippen LogP contribution >= 0.6 is 23.2 Å². The normalized spacial score (nSPS) is 15.0. The fraction of sp³-hybridized carbons (Fsp3) is 0.375. The molecule has 1 heterocycles. The molecule has 1 aromatic carbocycles. The maximum atomic E-state index is 11.6. The van der Waals surface area contributed by atoms with Gasteiger partial charge < -0.3 is 15.2 Å². The number of carbonyl (C=O) groups is 2. The van der Waals surface area contributed by atoms with Gasteiger partial charge in [-0.05, 0) is 18.1 Å². The summed E-state index contributed by atoms with van der Waals surface area (Å²) in [5.74, 6) is 0.245. The van der Waals surface area contributed by atoms with E-state index in [4.69, 9.17) is 27.9 Å². The predicted octanol–water partition coefficient (Wildman–Crippen LogP) is 3.09. The Labute approximate surface area is 144 Å². The molecule has 1 amide bonds. The molecule has 0 aliphatic carbocycles. The molecule has 0 spiro atoms. The Morgan fingerprint density at radius 3 is 2.83 bits per heavy atom. The van der Waals surface area contributed by atoms with Crippen molar-refractivity contribution in [1.82, 2.24) is 5.32 Å². The maximum Gasteiger partial charge on any atom is 0.235 e. The Bertz CT molecular complexity index is 671. The third kappa shape index (κ3) is 4.18. The van der Waals surface area contributed by atoms with Crippen LogP contribution in [0, 0.1) is 0 Å². The van der Waals surface area contributed by atoms with Crippen LogP contribution < -0.4 is 10.1 Å². The summed E-state index contributed by atoms with van der Waals surface area (Å²) >= 11 is 11.5. The van der Waals surface area contributed by atoms with Gasteiger partial charge in [-0.1, -0.05) is 18.5 Å². The summed E-state index contributed by atoms with van der Waals surface area (Å²) in [5.41, 5.74) is 1.20. The molecule has 1 aromatic rings. The summed E-state index contributed by atoms with van der Waals surface area (Å²) in [6.07, 6.45) is 3.07. The zero-order chi connectivity index (χ0) is 17.0. The van der Waals surface area contributed by atoms with Gasteiger partial charge in [-0.3, -0.25) is 9.59 Å². The lowest BCUT2D eigenvalue weighted by Gasteiger charge is -2.24. The maximum absolute atomic E-state index is 11.6. The lowest BCUT2D eigenvalue weighted by Crippen LogP contribution is -2.24. The molecule has 124 valence electrons. The molecular formula is C16H17Cl2NO4. The van der Waals surface area contributed by atoms with Crippen LogP contribution in [0.25, 0.3) is 0 Å². The van der Waals surface area contributed by atoms with Crippen molar-refractivity contribution >= 4 is 34.9 Å². The van der Waals surface area contributed by atoms with Gasteiger partial charge in [0, 0.05) is 18.9 Å². The van der Waals surface area contributed by atoms with Crippen LogP contribution in [0.1, 0.15) is 30.9 Å². The fourth-order valence-electron chi connectivity index (χ4n) is 2.27. The summed E-state index contributed by atoms with van der Waals surface area (Å²) in [5, 5.41) is 12.9. The van der Waals surface area contributed by atoms with Crippen molar-refractivity contribution in [1.29, 1.82) is 0 Å². The number of nitrogens with one attached hydrogen (secondary N) is 1. The van der Waals surface area contributed by atoms with E-state index in [2.05, 4.69) is 5.32 Å². The van der Waals surface area contributed by atoms with Crippen LogP contribution in [0.15, 0.2) is 17.9 Å². The van der Waals surface area contributed by atoms with Gasteiger partial charge in [0.1, 0.15) is 23.1 Å². The Kier molecular flexibility index (Phi) is 5.91. The first kappa shape index (κ1) is 17.6. The molecule has 0 unspecified atom stereocenters. The predicted molar refractivity (Wildman–Crippen MR) is 88.0 cm³/mol. The summed E-state index contributed by atoms with van der Waals surface area (Å²) < 4.78 is 5.77. The van der Waals surface area contributed by atoms with Crippen LogP contribution in [0.3, 0.4) is 0 Å². The number of carbonyl (C=O) groups excluding carboxylic acids is 2. The van der Waals surface area contributed by atoms with E-state index in [9.17, 15) is 14.7 Å². The van der Waals surface area contributed by atoms with E-state index in [-0.39, 0.29) is 34.9 Å². The number of fused-ring (bicyclic) bond motifs is 1. The number of ketones is 1. The highest BCUT2D eigenvalue weighted by Crippen LogP contribution is 2.41. The van der Waals surface area contributed by atoms with Crippen molar-refractivity contribution in [3.63, 3.8) is 0 Å². The van der Waals surface area contributed by atoms with Gasteiger partial charge in [0.2, 0.25) is 5.91 Å². The molecule has 2 rings (SSSR count). The number of allylic oxidation sites excluding steroid dienone is 2. The molecule has 1 aliphatic rings. The Morgan fingerprint density at radius 2 is 2.17 bits per heavy atom. The Balaban J connectivity index is 2.35. The second-order valence-electron chi connectivity index (χ2n) is 5.12. The Hall–Kier alpha value is -1.72. The highest BCUT2D eigenvalue weighted by atomic mass is 35.5. The first-order valence-corrected chi connectivity index (χ1v) is 8.14. The van der Waals surface area contributed by atoms with Gasteiger partial charge in [0.25, 0.3) is 0 Å². The summed E-state index contributed by atoms with van der Waals surface area (Å²) in [6.45, 7) is 1.81. The minimum Gasteiger partial charge on any atom is -0.506 e. The molecule has 0 radical (unpaired) electrons. The minimum atomic E-state index is -0.368. The largest absolute Gasteiger partial charge is 0.506 e. The first-order valence-electron chi connectivity index (χ1n) is 7.23. The number of hydrogen-bond donors (Lipinski definition) is 2. The molecule has 5 nitrogen and oxygen atoms in total. The van der Waals surface area contributed by atoms with Crippen LogP contribution in [-0.2, 0) is 22.6 Å². The highest BCUT2D eigenvalue weighted by Gasteiger charge is 2.24. The van der Waals surface area contributed by atoms with Gasteiger partial charge in [-0.15, -0.1) is 11.6 Å². The number of benzene rings is 1. The molecule has 0 saturated heterocycles. The van der Waals surface area contributed by atoms with Crippen molar-refractivity contribution in [2.45, 2.75) is 32.7 Å². The van der Waals surface area contributed by atoms with Crippen molar-refractivity contribution in [2.75, 3.05) is 5.88 Å². The monoisotopic (exact) mass is 357 g/mol. The fourth-order valence-corrected chi connectivity index (χ4v) is 2.61. The van der Waals surface area contributed by atoms with Crippen molar-refractivity contribution < 1.29 is 19.4 Å². The molecule has 1 aliphatic heterocycles. The third-order valence-electron chi connectivity index (χ3n) is 3.51. The number of rotatable bonds is 5. The lowest BCUT2D eigenvalue weighted by molar-refractivity contribution is -0.118. The second-order valence-corrected chi connectivity index (χ2v) is 5.79. The molecule has 0 bridgehead atoms. The van der Waals surface area contributed by atoms with Crippen LogP contribution in [0.5, 0.6) is 11.5 Å². The van der Waals surface area contributed by atoms with Crippen LogP contribution in [-0.4, -0.2) is 22.7 Å². The molecule has 23 heavy (non-hydrogen) atoms. The van der Waals surface area contributed by atoms with Crippen molar-refractivity contribution in [3.8, 4) is 11.5 Å². The number of amides is 1. The van der Waals surface area contributed by atoms with E-state index in [1.807, 2.05) is 0 Å². The van der Waals surface area contributed by atoms with E-state index in [1.54, 1.807) is 13.0 Å². The number of phenols is 1. The topological polar surface area (TPSA) is 75.6 Å². The number of phenolic OH excluding ortho intramolecular Hbond substituents is 1. The third-order valence-corrected chi connectivity index (χ3v) is 4.04. The van der Waals surface area contributed by atoms with Gasteiger partial charge in [-0.2, -0.15) is 0 Å². The number of aryl methyl sites for hydroxylation is 1. The summed E-state index contributed by atoms with van der Waals surface area (Å²) in [6, 6.07) is 1.64. The molecule has 0 atom stereocenters. The van der Waals surface area contributed by atoms with Gasteiger partial charge >= 0.3 is 0 Å². The smallest absolute Gasteiger partial charge is 0.235 e. The average Bonchev–Trinajstić information content (AvgIpc) is 2.55. The zero-order valence-corrected chi connectivity index (χ0v) is 14.1. The average molecular weight is 358 g/mol. The SMILES string of the molecule is CCC(=O)/C=C1\CCc2cc(Cl)c(O)c(CNC(=O)CCl)c2O1. The van der Waals surface area contributed by atoms with Crippen LogP contribution in [0.4, 0.5) is 0 Å². The standard InChI is InChI=1S/C16H17Cl2NO4/c1-2-10(20)6-11-4-3-9-5-13(18)15(22)12(16(9)23-11)8-19-14(21)7-17/h5-6,22H,2-4,7-8H2,1H3,(H,19,21)/b11-6+. The first-order chi connectivity index (χ1) is 11.0. The van der Waals surface area contributed by atoms with E-state index in [1.165, 1.54) is 6.08 Å². The molecule has 7 heteroatoms. The van der Waals surface area contributed by atoms with Gasteiger partial charge in [0.05, 0.1) is 17.1 Å². The van der Waals surface area contributed by atoms with E-state index >= 15 is 0 Å². The number of aromatic hydroxyl groups is 1. The zero-order valence-electron chi connectivity index (χ0n) is 12.6. The lowest BCUT2D eigenvalue weighted by atomic mass is 9.99. The number of ether oxygens (including phenoxy) is 1. The van der Waals surface area contributed by atoms with E-state index in [0.29, 0.717) is 36.3 Å². The molecule has 2 N–H and O–H groups in total. The summed E-state index contributed by atoms with van der Waals surface area (Å²) in [7, 11) is 0. The quantitative estimate of drug-likeness (QED) is 0.627. The van der Waals surface area contributed by atoms with Crippen molar-refractivity contribution in [2.24, 2.45) is 0 Å². The van der Waals surface area contributed by atoms with E-state index < -0.39 is 0 Å². The summed E-state index contributed by atoms with van der Waals surface area (Å²) in [4.78, 5) is 22.9. The number of hydrogen-bond acceptors (Lipinski definition) is 4. The van der Waals surface area contributed by atoms with Crippen molar-refractivity contribution in [3.05, 3.63) is 34.1 Å². The van der Waals surface area contributed by atoms with Gasteiger partial charge in [0.15, 0.2) is 5.78 Å². The van der Waals surface area contributed by atoms with Crippen LogP contribution in [0.2, 0.25) is 5.02 Å². The molecular weight excluding hydrogens is 341 g/mol.